The number of fused-ring (bicyclic) bond motifs is 1. The highest BCUT2D eigenvalue weighted by molar-refractivity contribution is 5.86. The van der Waals surface area contributed by atoms with E-state index in [2.05, 4.69) is 11.1 Å². The van der Waals surface area contributed by atoms with Crippen molar-refractivity contribution >= 4 is 12.0 Å². The van der Waals surface area contributed by atoms with E-state index < -0.39 is 0 Å². The first kappa shape index (κ1) is 9.85. The van der Waals surface area contributed by atoms with Crippen molar-refractivity contribution in [2.45, 2.75) is 0 Å². The maximum absolute atomic E-state index is 5.87. The molecule has 3 rings (SSSR count). The van der Waals surface area contributed by atoms with Gasteiger partial charge < -0.3 is 4.74 Å². The average Bonchev–Trinajstić information content (AvgIpc) is 2.62. The predicted molar refractivity (Wildman–Crippen MR) is 67.9 cm³/mol. The lowest BCUT2D eigenvalue weighted by Crippen LogP contribution is -1.95. The Morgan fingerprint density at radius 1 is 1.00 bits per heavy atom. The van der Waals surface area contributed by atoms with Gasteiger partial charge in [-0.2, -0.15) is 0 Å². The summed E-state index contributed by atoms with van der Waals surface area (Å²) in [6.07, 6.45) is 3.53. The van der Waals surface area contributed by atoms with Crippen LogP contribution in [-0.2, 0) is 0 Å². The van der Waals surface area contributed by atoms with Gasteiger partial charge in [0.15, 0.2) is 5.76 Å². The molecule has 0 N–H and O–H groups in total. The molecular weight excluding hydrogens is 210 g/mol. The number of rotatable bonds is 1. The highest BCUT2D eigenvalue weighted by atomic mass is 16.5. The maximum Gasteiger partial charge on any atom is 0.152 e. The van der Waals surface area contributed by atoms with Crippen LogP contribution < -0.4 is 4.74 Å². The van der Waals surface area contributed by atoms with Crippen molar-refractivity contribution < 1.29 is 4.74 Å². The van der Waals surface area contributed by atoms with E-state index in [1.807, 2.05) is 48.5 Å². The van der Waals surface area contributed by atoms with E-state index >= 15 is 0 Å². The van der Waals surface area contributed by atoms with Crippen LogP contribution in [0.15, 0.2) is 59.7 Å². The summed E-state index contributed by atoms with van der Waals surface area (Å²) in [4.78, 5) is 4.25. The van der Waals surface area contributed by atoms with Crippen molar-refractivity contribution in [3.8, 4) is 5.75 Å². The Kier molecular flexibility index (Phi) is 2.47. The minimum atomic E-state index is 0.750. The standard InChI is InChI=1S/C15H10NO/c1-2-6-12(7-3-1)15-11-16-10-13-8-4-5-9-14(13)17-15/h2-11H. The lowest BCUT2D eigenvalue weighted by atomic mass is 10.2. The van der Waals surface area contributed by atoms with Gasteiger partial charge in [-0.3, -0.25) is 4.99 Å². The molecule has 1 radical (unpaired) electrons. The van der Waals surface area contributed by atoms with Crippen molar-refractivity contribution in [2.24, 2.45) is 4.99 Å². The lowest BCUT2D eigenvalue weighted by molar-refractivity contribution is 0.514. The Morgan fingerprint density at radius 2 is 1.82 bits per heavy atom. The Balaban J connectivity index is 2.02. The molecule has 2 aromatic carbocycles. The van der Waals surface area contributed by atoms with Crippen LogP contribution in [0.5, 0.6) is 5.75 Å². The fourth-order valence-electron chi connectivity index (χ4n) is 1.69. The maximum atomic E-state index is 5.87. The molecule has 0 aliphatic carbocycles. The summed E-state index contributed by atoms with van der Waals surface area (Å²) in [6.45, 7) is 0. The summed E-state index contributed by atoms with van der Waals surface area (Å²) in [7, 11) is 0. The molecule has 0 spiro atoms. The van der Waals surface area contributed by atoms with Gasteiger partial charge in [-0.1, -0.05) is 36.4 Å². The van der Waals surface area contributed by atoms with E-state index in [-0.39, 0.29) is 0 Å². The van der Waals surface area contributed by atoms with Gasteiger partial charge in [0.05, 0.1) is 6.20 Å². The Morgan fingerprint density at radius 3 is 2.71 bits per heavy atom. The van der Waals surface area contributed by atoms with Crippen LogP contribution in [0.2, 0.25) is 0 Å². The molecule has 0 bridgehead atoms. The van der Waals surface area contributed by atoms with Gasteiger partial charge in [0.2, 0.25) is 0 Å². The summed E-state index contributed by atoms with van der Waals surface area (Å²) < 4.78 is 5.87. The Hall–Kier alpha value is -2.35. The topological polar surface area (TPSA) is 21.6 Å². The smallest absolute Gasteiger partial charge is 0.152 e. The average molecular weight is 220 g/mol. The number of nitrogens with zero attached hydrogens (tertiary/aromatic N) is 1. The first-order valence-corrected chi connectivity index (χ1v) is 5.40. The van der Waals surface area contributed by atoms with E-state index in [0.717, 1.165) is 22.6 Å². The molecule has 1 heterocycles. The summed E-state index contributed by atoms with van der Waals surface area (Å²) in [5.74, 6) is 1.58. The number of ether oxygens (including phenoxy) is 1. The summed E-state index contributed by atoms with van der Waals surface area (Å²) in [5.41, 5.74) is 1.99. The number of benzene rings is 2. The van der Waals surface area contributed by atoms with Crippen LogP contribution in [0.4, 0.5) is 0 Å². The van der Waals surface area contributed by atoms with Crippen molar-refractivity contribution in [3.05, 3.63) is 71.9 Å². The molecule has 0 saturated heterocycles. The molecule has 1 aliphatic heterocycles. The molecule has 0 fully saturated rings. The molecule has 2 heteroatoms. The molecule has 2 aromatic rings. The van der Waals surface area contributed by atoms with Crippen molar-refractivity contribution in [3.63, 3.8) is 0 Å². The fourth-order valence-corrected chi connectivity index (χ4v) is 1.69. The van der Waals surface area contributed by atoms with Crippen LogP contribution in [0.3, 0.4) is 0 Å². The van der Waals surface area contributed by atoms with Crippen LogP contribution in [0, 0.1) is 6.07 Å². The monoisotopic (exact) mass is 220 g/mol. The molecule has 81 valence electrons. The molecular formula is C15H10NO. The normalized spacial score (nSPS) is 13.3. The van der Waals surface area contributed by atoms with E-state index in [9.17, 15) is 0 Å². The zero-order chi connectivity index (χ0) is 11.5. The fraction of sp³-hybridized carbons (Fsp3) is 0. The molecule has 0 amide bonds. The van der Waals surface area contributed by atoms with Gasteiger partial charge in [-0.25, -0.2) is 0 Å². The molecule has 0 atom stereocenters. The molecule has 2 nitrogen and oxygen atoms in total. The third-order valence-corrected chi connectivity index (χ3v) is 2.55. The van der Waals surface area contributed by atoms with Crippen LogP contribution in [-0.4, -0.2) is 6.21 Å². The van der Waals surface area contributed by atoms with E-state index in [1.54, 1.807) is 12.4 Å². The second kappa shape index (κ2) is 4.26. The Bertz CT molecular complexity index is 585. The van der Waals surface area contributed by atoms with Gasteiger partial charge in [-0.15, -0.1) is 0 Å². The molecule has 17 heavy (non-hydrogen) atoms. The molecule has 1 aliphatic rings. The van der Waals surface area contributed by atoms with E-state index in [1.165, 1.54) is 0 Å². The van der Waals surface area contributed by atoms with Crippen molar-refractivity contribution in [1.82, 2.24) is 0 Å². The Labute approximate surface area is 99.9 Å². The number of aliphatic imine (C=N–C) groups is 1. The number of para-hydroxylation sites is 1. The largest absolute Gasteiger partial charge is 0.454 e. The third-order valence-electron chi connectivity index (χ3n) is 2.55. The molecule has 0 saturated carbocycles. The van der Waals surface area contributed by atoms with Crippen LogP contribution in [0.25, 0.3) is 5.76 Å². The predicted octanol–water partition coefficient (Wildman–Crippen LogP) is 3.30. The highest BCUT2D eigenvalue weighted by Gasteiger charge is 2.09. The van der Waals surface area contributed by atoms with Crippen molar-refractivity contribution in [2.75, 3.05) is 0 Å². The second-order valence-corrected chi connectivity index (χ2v) is 3.70. The van der Waals surface area contributed by atoms with Crippen LogP contribution in [0.1, 0.15) is 11.1 Å². The van der Waals surface area contributed by atoms with Gasteiger partial charge >= 0.3 is 0 Å². The lowest BCUT2D eigenvalue weighted by Gasteiger charge is -2.09. The second-order valence-electron chi connectivity index (χ2n) is 3.70. The van der Waals surface area contributed by atoms with Gasteiger partial charge in [-0.05, 0) is 18.2 Å². The summed E-state index contributed by atoms with van der Waals surface area (Å²) >= 11 is 0. The third kappa shape index (κ3) is 1.97. The zero-order valence-corrected chi connectivity index (χ0v) is 9.13. The zero-order valence-electron chi connectivity index (χ0n) is 9.13. The first-order valence-electron chi connectivity index (χ1n) is 5.40. The highest BCUT2D eigenvalue weighted by Crippen LogP contribution is 2.25. The SMILES string of the molecule is [c]1ccc(C2=CN=Cc3ccccc3O2)cc1. The van der Waals surface area contributed by atoms with E-state index in [4.69, 9.17) is 4.74 Å². The van der Waals surface area contributed by atoms with Crippen molar-refractivity contribution in [1.29, 1.82) is 0 Å². The minimum absolute atomic E-state index is 0.750. The van der Waals surface area contributed by atoms with Gasteiger partial charge in [0.25, 0.3) is 0 Å². The quantitative estimate of drug-likeness (QED) is 0.722. The minimum Gasteiger partial charge on any atom is -0.454 e. The number of hydrogen-bond acceptors (Lipinski definition) is 2. The number of hydrogen-bond donors (Lipinski definition) is 0. The summed E-state index contributed by atoms with van der Waals surface area (Å²) in [6, 6.07) is 18.5. The molecule has 0 aromatic heterocycles. The van der Waals surface area contributed by atoms with E-state index in [0.29, 0.717) is 0 Å². The first-order chi connectivity index (χ1) is 8.43. The van der Waals surface area contributed by atoms with Gasteiger partial charge in [0, 0.05) is 17.3 Å². The summed E-state index contributed by atoms with van der Waals surface area (Å²) in [5, 5.41) is 0. The van der Waals surface area contributed by atoms with Gasteiger partial charge in [0.1, 0.15) is 5.75 Å². The van der Waals surface area contributed by atoms with Crippen LogP contribution >= 0.6 is 0 Å². The molecule has 0 unspecified atom stereocenters.